The summed E-state index contributed by atoms with van der Waals surface area (Å²) in [6.07, 6.45) is 1.42. The van der Waals surface area contributed by atoms with Crippen molar-refractivity contribution in [2.75, 3.05) is 0 Å². The van der Waals surface area contributed by atoms with E-state index in [1.165, 1.54) is 12.3 Å². The van der Waals surface area contributed by atoms with Crippen LogP contribution in [0.5, 0.6) is 0 Å². The highest BCUT2D eigenvalue weighted by molar-refractivity contribution is 6.36. The van der Waals surface area contributed by atoms with E-state index in [0.29, 0.717) is 26.9 Å². The molecule has 0 unspecified atom stereocenters. The van der Waals surface area contributed by atoms with E-state index < -0.39 is 0 Å². The number of benzene rings is 1. The molecule has 0 radical (unpaired) electrons. The zero-order valence-electron chi connectivity index (χ0n) is 8.47. The summed E-state index contributed by atoms with van der Waals surface area (Å²) in [4.78, 5) is 4.13. The number of nitrogens with zero attached hydrogens (tertiary/aromatic N) is 1. The Morgan fingerprint density at radius 1 is 1.19 bits per heavy atom. The monoisotopic (exact) mass is 255 g/mol. The van der Waals surface area contributed by atoms with Crippen LogP contribution in [0.2, 0.25) is 10.0 Å². The second kappa shape index (κ2) is 4.40. The Morgan fingerprint density at radius 3 is 2.62 bits per heavy atom. The number of aromatic nitrogens is 1. The first-order valence-corrected chi connectivity index (χ1v) is 5.41. The molecule has 0 aliphatic rings. The molecule has 0 saturated heterocycles. The third-order valence-electron chi connectivity index (χ3n) is 2.32. The minimum atomic E-state index is -0.295. The second-order valence-corrected chi connectivity index (χ2v) is 4.23. The number of halogens is 3. The Kier molecular flexibility index (Phi) is 3.13. The van der Waals surface area contributed by atoms with Gasteiger partial charge < -0.3 is 0 Å². The predicted octanol–water partition coefficient (Wildman–Crippen LogP) is 4.50. The standard InChI is InChI=1S/C12H8Cl2FN/c1-7-11(15)4-5-16-12(7)9-3-2-8(13)6-10(9)14/h2-6H,1H3. The van der Waals surface area contributed by atoms with Crippen LogP contribution in [-0.2, 0) is 0 Å². The number of hydrogen-bond donors (Lipinski definition) is 0. The van der Waals surface area contributed by atoms with Crippen LogP contribution in [0.4, 0.5) is 4.39 Å². The van der Waals surface area contributed by atoms with Crippen molar-refractivity contribution < 1.29 is 4.39 Å². The van der Waals surface area contributed by atoms with Gasteiger partial charge in [-0.25, -0.2) is 4.39 Å². The highest BCUT2D eigenvalue weighted by Gasteiger charge is 2.10. The molecule has 0 bridgehead atoms. The van der Waals surface area contributed by atoms with E-state index in [1.807, 2.05) is 0 Å². The molecule has 1 nitrogen and oxygen atoms in total. The van der Waals surface area contributed by atoms with Crippen molar-refractivity contribution in [2.45, 2.75) is 6.92 Å². The average Bonchev–Trinajstić information content (AvgIpc) is 2.23. The molecule has 16 heavy (non-hydrogen) atoms. The maximum absolute atomic E-state index is 13.4. The van der Waals surface area contributed by atoms with Gasteiger partial charge in [0.25, 0.3) is 0 Å². The average molecular weight is 256 g/mol. The third kappa shape index (κ3) is 2.04. The van der Waals surface area contributed by atoms with Crippen molar-refractivity contribution in [1.82, 2.24) is 4.98 Å². The molecule has 0 aliphatic carbocycles. The summed E-state index contributed by atoms with van der Waals surface area (Å²) >= 11 is 11.8. The Morgan fingerprint density at radius 2 is 1.94 bits per heavy atom. The molecule has 0 aliphatic heterocycles. The van der Waals surface area contributed by atoms with Crippen LogP contribution in [0.3, 0.4) is 0 Å². The van der Waals surface area contributed by atoms with Gasteiger partial charge >= 0.3 is 0 Å². The molecule has 1 aromatic heterocycles. The summed E-state index contributed by atoms with van der Waals surface area (Å²) in [7, 11) is 0. The molecular formula is C12H8Cl2FN. The fourth-order valence-electron chi connectivity index (χ4n) is 1.47. The largest absolute Gasteiger partial charge is 0.256 e. The maximum Gasteiger partial charge on any atom is 0.129 e. The van der Waals surface area contributed by atoms with Gasteiger partial charge in [-0.15, -0.1) is 0 Å². The van der Waals surface area contributed by atoms with Gasteiger partial charge in [-0.1, -0.05) is 23.2 Å². The number of rotatable bonds is 1. The van der Waals surface area contributed by atoms with Gasteiger partial charge in [0, 0.05) is 22.3 Å². The number of hydrogen-bond acceptors (Lipinski definition) is 1. The maximum atomic E-state index is 13.4. The quantitative estimate of drug-likeness (QED) is 0.731. The highest BCUT2D eigenvalue weighted by Crippen LogP contribution is 2.31. The summed E-state index contributed by atoms with van der Waals surface area (Å²) < 4.78 is 13.4. The molecule has 0 amide bonds. The summed E-state index contributed by atoms with van der Waals surface area (Å²) in [5.41, 5.74) is 1.71. The Labute approximate surface area is 103 Å². The lowest BCUT2D eigenvalue weighted by Gasteiger charge is -2.07. The molecule has 2 rings (SSSR count). The van der Waals surface area contributed by atoms with Crippen LogP contribution < -0.4 is 0 Å². The van der Waals surface area contributed by atoms with Crippen molar-refractivity contribution >= 4 is 23.2 Å². The second-order valence-electron chi connectivity index (χ2n) is 3.39. The van der Waals surface area contributed by atoms with Crippen LogP contribution in [0.1, 0.15) is 5.56 Å². The summed E-state index contributed by atoms with van der Waals surface area (Å²) in [5, 5.41) is 1.01. The van der Waals surface area contributed by atoms with E-state index in [-0.39, 0.29) is 5.82 Å². The molecule has 4 heteroatoms. The van der Waals surface area contributed by atoms with Crippen LogP contribution in [0.25, 0.3) is 11.3 Å². The molecule has 0 spiro atoms. The normalized spacial score (nSPS) is 10.5. The van der Waals surface area contributed by atoms with Gasteiger partial charge in [-0.2, -0.15) is 0 Å². The van der Waals surface area contributed by atoms with Crippen LogP contribution in [0.15, 0.2) is 30.5 Å². The van der Waals surface area contributed by atoms with E-state index in [4.69, 9.17) is 23.2 Å². The number of pyridine rings is 1. The van der Waals surface area contributed by atoms with Crippen LogP contribution >= 0.6 is 23.2 Å². The third-order valence-corrected chi connectivity index (χ3v) is 2.87. The Hall–Kier alpha value is -1.12. The van der Waals surface area contributed by atoms with E-state index in [2.05, 4.69) is 4.98 Å². The topological polar surface area (TPSA) is 12.9 Å². The molecule has 1 aromatic carbocycles. The smallest absolute Gasteiger partial charge is 0.129 e. The molecule has 2 aromatic rings. The van der Waals surface area contributed by atoms with Crippen LogP contribution in [-0.4, -0.2) is 4.98 Å². The first kappa shape index (κ1) is 11.4. The van der Waals surface area contributed by atoms with Crippen LogP contribution in [0, 0.1) is 12.7 Å². The van der Waals surface area contributed by atoms with Gasteiger partial charge in [-0.05, 0) is 31.2 Å². The molecule has 0 atom stereocenters. The summed E-state index contributed by atoms with van der Waals surface area (Å²) in [6.45, 7) is 1.67. The Balaban J connectivity index is 2.63. The molecule has 1 heterocycles. The van der Waals surface area contributed by atoms with Crippen molar-refractivity contribution in [1.29, 1.82) is 0 Å². The van der Waals surface area contributed by atoms with Gasteiger partial charge in [0.2, 0.25) is 0 Å². The SMILES string of the molecule is Cc1c(F)ccnc1-c1ccc(Cl)cc1Cl. The first-order chi connectivity index (χ1) is 7.59. The lowest BCUT2D eigenvalue weighted by molar-refractivity contribution is 0.617. The van der Waals surface area contributed by atoms with E-state index >= 15 is 0 Å². The zero-order valence-corrected chi connectivity index (χ0v) is 9.98. The highest BCUT2D eigenvalue weighted by atomic mass is 35.5. The molecule has 0 saturated carbocycles. The van der Waals surface area contributed by atoms with Gasteiger partial charge in [0.15, 0.2) is 0 Å². The first-order valence-electron chi connectivity index (χ1n) is 4.66. The van der Waals surface area contributed by atoms with E-state index in [0.717, 1.165) is 0 Å². The minimum Gasteiger partial charge on any atom is -0.256 e. The fraction of sp³-hybridized carbons (Fsp3) is 0.0833. The van der Waals surface area contributed by atoms with Crippen molar-refractivity contribution in [2.24, 2.45) is 0 Å². The van der Waals surface area contributed by atoms with Crippen molar-refractivity contribution in [3.8, 4) is 11.3 Å². The molecule has 0 N–H and O–H groups in total. The molecule has 82 valence electrons. The Bertz CT molecular complexity index is 541. The minimum absolute atomic E-state index is 0.295. The van der Waals surface area contributed by atoms with Gasteiger partial charge in [0.1, 0.15) is 5.82 Å². The fourth-order valence-corrected chi connectivity index (χ4v) is 1.96. The lowest BCUT2D eigenvalue weighted by atomic mass is 10.1. The summed E-state index contributed by atoms with van der Waals surface area (Å²) in [6, 6.07) is 6.38. The molecule has 0 fully saturated rings. The summed E-state index contributed by atoms with van der Waals surface area (Å²) in [5.74, 6) is -0.295. The van der Waals surface area contributed by atoms with Gasteiger partial charge in [-0.3, -0.25) is 4.98 Å². The van der Waals surface area contributed by atoms with E-state index in [9.17, 15) is 4.39 Å². The molecular weight excluding hydrogens is 248 g/mol. The van der Waals surface area contributed by atoms with Crippen molar-refractivity contribution in [3.63, 3.8) is 0 Å². The zero-order chi connectivity index (χ0) is 11.7. The van der Waals surface area contributed by atoms with E-state index in [1.54, 1.807) is 25.1 Å². The predicted molar refractivity (Wildman–Crippen MR) is 64.4 cm³/mol. The van der Waals surface area contributed by atoms with Crippen molar-refractivity contribution in [3.05, 3.63) is 51.9 Å². The lowest BCUT2D eigenvalue weighted by Crippen LogP contribution is -1.92. The van der Waals surface area contributed by atoms with Gasteiger partial charge in [0.05, 0.1) is 10.7 Å².